The van der Waals surface area contributed by atoms with Crippen molar-refractivity contribution in [1.82, 2.24) is 18.9 Å². The van der Waals surface area contributed by atoms with Crippen molar-refractivity contribution < 1.29 is 0 Å². The summed E-state index contributed by atoms with van der Waals surface area (Å²) in [5.41, 5.74) is 3.06. The predicted octanol–water partition coefficient (Wildman–Crippen LogP) is 4.31. The Morgan fingerprint density at radius 3 is 2.65 bits per heavy atom. The highest BCUT2D eigenvalue weighted by atomic mass is 32.2. The van der Waals surface area contributed by atoms with E-state index in [0.29, 0.717) is 32.5 Å². The monoisotopic (exact) mass is 446 g/mol. The molecule has 6 nitrogen and oxygen atoms in total. The number of aromatic nitrogens is 4. The van der Waals surface area contributed by atoms with Crippen LogP contribution in [0.5, 0.6) is 0 Å². The lowest BCUT2D eigenvalue weighted by Gasteiger charge is -2.13. The summed E-state index contributed by atoms with van der Waals surface area (Å²) in [7, 11) is 0. The van der Waals surface area contributed by atoms with Gasteiger partial charge in [-0.25, -0.2) is 9.97 Å². The lowest BCUT2D eigenvalue weighted by atomic mass is 10.1. The zero-order chi connectivity index (χ0) is 21.4. The van der Waals surface area contributed by atoms with Crippen LogP contribution < -0.4 is 11.1 Å². The predicted molar refractivity (Wildman–Crippen MR) is 126 cm³/mol. The average molecular weight is 447 g/mol. The third kappa shape index (κ3) is 3.68. The van der Waals surface area contributed by atoms with Crippen LogP contribution in [0, 0.1) is 0 Å². The van der Waals surface area contributed by atoms with Crippen molar-refractivity contribution in [2.45, 2.75) is 24.3 Å². The SMILES string of the molecule is CCc1ccc(-n2c(SCc3cc(=O)n4ccsc4n3)nc3ccccc3c2=O)cc1. The summed E-state index contributed by atoms with van der Waals surface area (Å²) >= 11 is 2.82. The molecule has 2 aromatic carbocycles. The third-order valence-corrected chi connectivity index (χ3v) is 6.78. The van der Waals surface area contributed by atoms with E-state index in [1.165, 1.54) is 39.1 Å². The molecule has 0 aliphatic rings. The molecule has 0 saturated heterocycles. The average Bonchev–Trinajstić information content (AvgIpc) is 3.27. The normalized spacial score (nSPS) is 11.4. The number of fused-ring (bicyclic) bond motifs is 2. The van der Waals surface area contributed by atoms with Crippen molar-refractivity contribution in [3.8, 4) is 5.69 Å². The fraction of sp³-hybridized carbons (Fsp3) is 0.130. The molecule has 5 aromatic rings. The van der Waals surface area contributed by atoms with Gasteiger partial charge in [-0.1, -0.05) is 43.0 Å². The lowest BCUT2D eigenvalue weighted by Crippen LogP contribution is -2.22. The van der Waals surface area contributed by atoms with Gasteiger partial charge >= 0.3 is 0 Å². The molecular weight excluding hydrogens is 428 g/mol. The van der Waals surface area contributed by atoms with Gasteiger partial charge in [0.1, 0.15) is 0 Å². The number of thioether (sulfide) groups is 1. The number of hydrogen-bond acceptors (Lipinski definition) is 6. The van der Waals surface area contributed by atoms with E-state index in [9.17, 15) is 9.59 Å². The number of nitrogens with zero attached hydrogens (tertiary/aromatic N) is 4. The van der Waals surface area contributed by atoms with Gasteiger partial charge < -0.3 is 0 Å². The molecule has 0 aliphatic heterocycles. The van der Waals surface area contributed by atoms with E-state index in [4.69, 9.17) is 4.98 Å². The van der Waals surface area contributed by atoms with Gasteiger partial charge in [-0.3, -0.25) is 18.6 Å². The van der Waals surface area contributed by atoms with Crippen LogP contribution in [0.4, 0.5) is 0 Å². The Bertz CT molecular complexity index is 1520. The number of aryl methyl sites for hydroxylation is 1. The maximum atomic E-state index is 13.4. The van der Waals surface area contributed by atoms with E-state index < -0.39 is 0 Å². The number of hydrogen-bond donors (Lipinski definition) is 0. The first kappa shape index (κ1) is 19.7. The van der Waals surface area contributed by atoms with Crippen molar-refractivity contribution in [3.63, 3.8) is 0 Å². The van der Waals surface area contributed by atoms with E-state index in [1.54, 1.807) is 16.8 Å². The van der Waals surface area contributed by atoms with Crippen molar-refractivity contribution >= 4 is 39.0 Å². The van der Waals surface area contributed by atoms with Crippen LogP contribution in [-0.4, -0.2) is 18.9 Å². The summed E-state index contributed by atoms with van der Waals surface area (Å²) in [6.07, 6.45) is 2.65. The van der Waals surface area contributed by atoms with Crippen LogP contribution >= 0.6 is 23.1 Å². The van der Waals surface area contributed by atoms with E-state index >= 15 is 0 Å². The van der Waals surface area contributed by atoms with E-state index in [-0.39, 0.29) is 11.1 Å². The van der Waals surface area contributed by atoms with Crippen molar-refractivity contribution in [1.29, 1.82) is 0 Å². The molecule has 0 saturated carbocycles. The summed E-state index contributed by atoms with van der Waals surface area (Å²) in [5.74, 6) is 0.432. The van der Waals surface area contributed by atoms with Crippen molar-refractivity contribution in [2.75, 3.05) is 0 Å². The Labute approximate surface area is 185 Å². The molecular formula is C23H18N4O2S2. The quantitative estimate of drug-likeness (QED) is 0.297. The van der Waals surface area contributed by atoms with Crippen LogP contribution in [0.15, 0.2) is 80.9 Å². The minimum atomic E-state index is -0.112. The Morgan fingerprint density at radius 1 is 1.03 bits per heavy atom. The van der Waals surface area contributed by atoms with Gasteiger partial charge in [-0.15, -0.1) is 11.3 Å². The Morgan fingerprint density at radius 2 is 1.84 bits per heavy atom. The van der Waals surface area contributed by atoms with Crippen molar-refractivity contribution in [2.24, 2.45) is 0 Å². The van der Waals surface area contributed by atoms with Gasteiger partial charge in [0, 0.05) is 23.4 Å². The first-order valence-corrected chi connectivity index (χ1v) is 11.7. The second-order valence-corrected chi connectivity index (χ2v) is 8.82. The molecule has 0 radical (unpaired) electrons. The van der Waals surface area contributed by atoms with E-state index in [1.807, 2.05) is 47.8 Å². The maximum Gasteiger partial charge on any atom is 0.266 e. The molecule has 31 heavy (non-hydrogen) atoms. The van der Waals surface area contributed by atoms with Crippen molar-refractivity contribution in [3.05, 3.63) is 98.1 Å². The largest absolute Gasteiger partial charge is 0.269 e. The zero-order valence-electron chi connectivity index (χ0n) is 16.7. The van der Waals surface area contributed by atoms with Crippen LogP contribution in [0.1, 0.15) is 18.2 Å². The first-order chi connectivity index (χ1) is 15.1. The molecule has 3 aromatic heterocycles. The Kier molecular flexibility index (Phi) is 5.17. The summed E-state index contributed by atoms with van der Waals surface area (Å²) in [6.45, 7) is 2.10. The zero-order valence-corrected chi connectivity index (χ0v) is 18.3. The number of benzene rings is 2. The van der Waals surface area contributed by atoms with Gasteiger partial charge in [0.05, 0.1) is 22.3 Å². The topological polar surface area (TPSA) is 69.3 Å². The second-order valence-electron chi connectivity index (χ2n) is 7.00. The summed E-state index contributed by atoms with van der Waals surface area (Å²) < 4.78 is 3.17. The molecule has 0 unspecified atom stereocenters. The van der Waals surface area contributed by atoms with Gasteiger partial charge in [0.2, 0.25) is 0 Å². The molecule has 0 bridgehead atoms. The summed E-state index contributed by atoms with van der Waals surface area (Å²) in [5, 5.41) is 2.98. The lowest BCUT2D eigenvalue weighted by molar-refractivity contribution is 0.818. The van der Waals surface area contributed by atoms with E-state index in [2.05, 4.69) is 11.9 Å². The molecule has 0 spiro atoms. The van der Waals surface area contributed by atoms with Gasteiger partial charge in [0.25, 0.3) is 11.1 Å². The van der Waals surface area contributed by atoms with Crippen LogP contribution in [-0.2, 0) is 12.2 Å². The minimum absolute atomic E-state index is 0.110. The van der Waals surface area contributed by atoms with Gasteiger partial charge in [-0.05, 0) is 36.2 Å². The van der Waals surface area contributed by atoms with Crippen LogP contribution in [0.3, 0.4) is 0 Å². The van der Waals surface area contributed by atoms with Crippen LogP contribution in [0.25, 0.3) is 21.6 Å². The molecule has 0 amide bonds. The highest BCUT2D eigenvalue weighted by Gasteiger charge is 2.14. The van der Waals surface area contributed by atoms with Crippen LogP contribution in [0.2, 0.25) is 0 Å². The summed E-state index contributed by atoms with van der Waals surface area (Å²) in [4.78, 5) is 35.6. The molecule has 5 rings (SSSR count). The van der Waals surface area contributed by atoms with Gasteiger partial charge in [-0.2, -0.15) is 0 Å². The molecule has 8 heteroatoms. The molecule has 3 heterocycles. The molecule has 0 fully saturated rings. The third-order valence-electron chi connectivity index (χ3n) is 5.05. The van der Waals surface area contributed by atoms with E-state index in [0.717, 1.165) is 12.1 Å². The van der Waals surface area contributed by atoms with Gasteiger partial charge in [0.15, 0.2) is 10.1 Å². The first-order valence-electron chi connectivity index (χ1n) is 9.84. The number of rotatable bonds is 5. The minimum Gasteiger partial charge on any atom is -0.269 e. The fourth-order valence-electron chi connectivity index (χ4n) is 3.42. The highest BCUT2D eigenvalue weighted by Crippen LogP contribution is 2.24. The number of para-hydroxylation sites is 1. The molecule has 0 N–H and O–H groups in total. The number of thiazole rings is 1. The smallest absolute Gasteiger partial charge is 0.266 e. The Balaban J connectivity index is 1.60. The molecule has 154 valence electrons. The Hall–Kier alpha value is -3.23. The summed E-state index contributed by atoms with van der Waals surface area (Å²) in [6, 6.07) is 16.8. The standard InChI is InChI=1S/C23H18N4O2S2/c1-2-15-7-9-17(10-8-15)27-21(29)18-5-3-4-6-19(18)25-23(27)31-14-16-13-20(28)26-11-12-30-22(26)24-16/h3-13H,2,14H2,1H3. The fourth-order valence-corrected chi connectivity index (χ4v) is 5.06. The maximum absolute atomic E-state index is 13.4. The molecule has 0 atom stereocenters. The highest BCUT2D eigenvalue weighted by molar-refractivity contribution is 7.98. The molecule has 0 aliphatic carbocycles. The second kappa shape index (κ2) is 8.13.